The molecule has 3 nitrogen and oxygen atoms in total. The number of carbonyl (C=O) groups is 1. The molecule has 1 rings (SSSR count). The number of rotatable bonds is 1. The predicted molar refractivity (Wildman–Crippen MR) is 51.7 cm³/mol. The summed E-state index contributed by atoms with van der Waals surface area (Å²) in [6, 6.07) is 0. The largest absolute Gasteiger partial charge is 0.391 e. The molecule has 0 saturated carbocycles. The lowest BCUT2D eigenvalue weighted by Crippen LogP contribution is -2.44. The van der Waals surface area contributed by atoms with E-state index < -0.39 is 12.1 Å². The van der Waals surface area contributed by atoms with Gasteiger partial charge < -0.3 is 10.6 Å². The molecular formula is C8H14ClF3N2O. The van der Waals surface area contributed by atoms with Crippen molar-refractivity contribution in [2.24, 2.45) is 11.7 Å². The molecule has 0 bridgehead atoms. The third kappa shape index (κ3) is 3.87. The van der Waals surface area contributed by atoms with Gasteiger partial charge in [0, 0.05) is 13.1 Å². The molecule has 1 fully saturated rings. The second-order valence-corrected chi connectivity index (χ2v) is 3.40. The first kappa shape index (κ1) is 14.5. The highest BCUT2D eigenvalue weighted by molar-refractivity contribution is 5.85. The molecular weight excluding hydrogens is 233 g/mol. The molecule has 1 aliphatic rings. The first-order valence-electron chi connectivity index (χ1n) is 4.49. The lowest BCUT2D eigenvalue weighted by Gasteiger charge is -2.32. The Morgan fingerprint density at radius 1 is 1.33 bits per heavy atom. The van der Waals surface area contributed by atoms with Crippen molar-refractivity contribution in [2.75, 3.05) is 19.6 Å². The molecule has 0 aromatic rings. The predicted octanol–water partition coefficient (Wildman–Crippen LogP) is 1.17. The van der Waals surface area contributed by atoms with Crippen LogP contribution >= 0.6 is 12.4 Å². The van der Waals surface area contributed by atoms with E-state index in [0.717, 1.165) is 0 Å². The van der Waals surface area contributed by atoms with E-state index in [1.54, 1.807) is 0 Å². The van der Waals surface area contributed by atoms with Crippen molar-refractivity contribution in [3.63, 3.8) is 0 Å². The number of carbonyl (C=O) groups excluding carboxylic acids is 1. The molecule has 1 saturated heterocycles. The van der Waals surface area contributed by atoms with E-state index in [9.17, 15) is 18.0 Å². The van der Waals surface area contributed by atoms with Crippen LogP contribution in [0.1, 0.15) is 12.8 Å². The molecule has 0 aromatic carbocycles. The smallest absolute Gasteiger partial charge is 0.342 e. The van der Waals surface area contributed by atoms with E-state index in [4.69, 9.17) is 5.73 Å². The average molecular weight is 247 g/mol. The van der Waals surface area contributed by atoms with E-state index in [0.29, 0.717) is 0 Å². The van der Waals surface area contributed by atoms with Crippen molar-refractivity contribution in [3.8, 4) is 0 Å². The summed E-state index contributed by atoms with van der Waals surface area (Å²) in [5, 5.41) is 0. The molecule has 90 valence electrons. The molecule has 15 heavy (non-hydrogen) atoms. The zero-order valence-electron chi connectivity index (χ0n) is 8.09. The Balaban J connectivity index is 0.00000196. The maximum Gasteiger partial charge on any atom is 0.391 e. The van der Waals surface area contributed by atoms with Crippen LogP contribution in [0.2, 0.25) is 0 Å². The maximum atomic E-state index is 12.2. The number of nitrogens with two attached hydrogens (primary N) is 1. The Morgan fingerprint density at radius 2 is 1.80 bits per heavy atom. The molecule has 0 aliphatic carbocycles. The molecule has 1 aliphatic heterocycles. The molecule has 7 heteroatoms. The van der Waals surface area contributed by atoms with E-state index in [2.05, 4.69) is 0 Å². The number of alkyl halides is 3. The molecule has 2 N–H and O–H groups in total. The van der Waals surface area contributed by atoms with Gasteiger partial charge in [-0.05, 0) is 12.8 Å². The third-order valence-corrected chi connectivity index (χ3v) is 2.49. The first-order valence-corrected chi connectivity index (χ1v) is 4.49. The maximum absolute atomic E-state index is 12.2. The van der Waals surface area contributed by atoms with Crippen molar-refractivity contribution in [1.29, 1.82) is 0 Å². The summed E-state index contributed by atoms with van der Waals surface area (Å²) in [5.41, 5.74) is 5.11. The summed E-state index contributed by atoms with van der Waals surface area (Å²) in [7, 11) is 0. The Labute approximate surface area is 92.2 Å². The van der Waals surface area contributed by atoms with Crippen LogP contribution < -0.4 is 5.73 Å². The van der Waals surface area contributed by atoms with Crippen molar-refractivity contribution in [1.82, 2.24) is 4.90 Å². The SMILES string of the molecule is Cl.NCC(=O)N1CCC(C(F)(F)F)CC1. The summed E-state index contributed by atoms with van der Waals surface area (Å²) in [6.45, 7) is 0.205. The van der Waals surface area contributed by atoms with Gasteiger partial charge in [-0.25, -0.2) is 0 Å². The average Bonchev–Trinajstić information content (AvgIpc) is 2.15. The van der Waals surface area contributed by atoms with Crippen LogP contribution in [0, 0.1) is 5.92 Å². The fourth-order valence-electron chi connectivity index (χ4n) is 1.59. The minimum Gasteiger partial charge on any atom is -0.342 e. The van der Waals surface area contributed by atoms with Crippen molar-refractivity contribution >= 4 is 18.3 Å². The number of halogens is 4. The Morgan fingerprint density at radius 3 is 2.13 bits per heavy atom. The zero-order valence-corrected chi connectivity index (χ0v) is 8.90. The van der Waals surface area contributed by atoms with Gasteiger partial charge in [0.2, 0.25) is 5.91 Å². The molecule has 0 aromatic heterocycles. The minimum absolute atomic E-state index is 0. The number of amides is 1. The van der Waals surface area contributed by atoms with E-state index in [1.165, 1.54) is 4.90 Å². The highest BCUT2D eigenvalue weighted by atomic mass is 35.5. The zero-order chi connectivity index (χ0) is 10.8. The molecule has 0 atom stereocenters. The monoisotopic (exact) mass is 246 g/mol. The van der Waals surface area contributed by atoms with Crippen LogP contribution in [-0.4, -0.2) is 36.6 Å². The number of likely N-dealkylation sites (tertiary alicyclic amines) is 1. The van der Waals surface area contributed by atoms with Gasteiger partial charge in [0.25, 0.3) is 0 Å². The van der Waals surface area contributed by atoms with Gasteiger partial charge in [0.05, 0.1) is 12.5 Å². The lowest BCUT2D eigenvalue weighted by molar-refractivity contribution is -0.186. The quantitative estimate of drug-likeness (QED) is 0.755. The molecule has 0 spiro atoms. The Bertz CT molecular complexity index is 214. The second kappa shape index (κ2) is 5.55. The van der Waals surface area contributed by atoms with Gasteiger partial charge >= 0.3 is 6.18 Å². The third-order valence-electron chi connectivity index (χ3n) is 2.49. The molecule has 0 unspecified atom stereocenters. The van der Waals surface area contributed by atoms with E-state index in [1.807, 2.05) is 0 Å². The number of piperidine rings is 1. The Kier molecular flexibility index (Phi) is 5.37. The number of hydrogen-bond donors (Lipinski definition) is 1. The van der Waals surface area contributed by atoms with Gasteiger partial charge in [0.15, 0.2) is 0 Å². The van der Waals surface area contributed by atoms with Crippen molar-refractivity contribution in [2.45, 2.75) is 19.0 Å². The van der Waals surface area contributed by atoms with E-state index >= 15 is 0 Å². The highest BCUT2D eigenvalue weighted by Gasteiger charge is 2.41. The molecule has 1 amide bonds. The molecule has 0 radical (unpaired) electrons. The van der Waals surface area contributed by atoms with Crippen molar-refractivity contribution in [3.05, 3.63) is 0 Å². The van der Waals surface area contributed by atoms with Gasteiger partial charge in [-0.3, -0.25) is 4.79 Å². The topological polar surface area (TPSA) is 46.3 Å². The second-order valence-electron chi connectivity index (χ2n) is 3.40. The standard InChI is InChI=1S/C8H13F3N2O.ClH/c9-8(10,11)6-1-3-13(4-2-6)7(14)5-12;/h6H,1-5,12H2;1H. The van der Waals surface area contributed by atoms with E-state index in [-0.39, 0.29) is 50.8 Å². The van der Waals surface area contributed by atoms with Crippen LogP contribution in [0.4, 0.5) is 13.2 Å². The molecule has 1 heterocycles. The summed E-state index contributed by atoms with van der Waals surface area (Å²) in [5.74, 6) is -1.53. The van der Waals surface area contributed by atoms with Crippen LogP contribution in [0.25, 0.3) is 0 Å². The van der Waals surface area contributed by atoms with Gasteiger partial charge in [-0.1, -0.05) is 0 Å². The number of nitrogens with zero attached hydrogens (tertiary/aromatic N) is 1. The van der Waals surface area contributed by atoms with Crippen LogP contribution in [0.15, 0.2) is 0 Å². The van der Waals surface area contributed by atoms with Crippen LogP contribution in [-0.2, 0) is 4.79 Å². The van der Waals surface area contributed by atoms with Crippen LogP contribution in [0.3, 0.4) is 0 Å². The van der Waals surface area contributed by atoms with Gasteiger partial charge in [-0.15, -0.1) is 12.4 Å². The summed E-state index contributed by atoms with van der Waals surface area (Å²) in [4.78, 5) is 12.4. The van der Waals surface area contributed by atoms with Gasteiger partial charge in [-0.2, -0.15) is 13.2 Å². The first-order chi connectivity index (χ1) is 6.45. The van der Waals surface area contributed by atoms with Crippen LogP contribution in [0.5, 0.6) is 0 Å². The summed E-state index contributed by atoms with van der Waals surface area (Å²) in [6.07, 6.45) is -4.14. The van der Waals surface area contributed by atoms with Crippen molar-refractivity contribution < 1.29 is 18.0 Å². The normalized spacial score (nSPS) is 18.5. The number of hydrogen-bond acceptors (Lipinski definition) is 2. The minimum atomic E-state index is -4.13. The van der Waals surface area contributed by atoms with Gasteiger partial charge in [0.1, 0.15) is 0 Å². The fraction of sp³-hybridized carbons (Fsp3) is 0.875. The lowest BCUT2D eigenvalue weighted by atomic mass is 9.96. The summed E-state index contributed by atoms with van der Waals surface area (Å²) >= 11 is 0. The highest BCUT2D eigenvalue weighted by Crippen LogP contribution is 2.33. The summed E-state index contributed by atoms with van der Waals surface area (Å²) < 4.78 is 36.7. The Hall–Kier alpha value is -0.490. The fourth-order valence-corrected chi connectivity index (χ4v) is 1.59.